The highest BCUT2D eigenvalue weighted by Gasteiger charge is 2.30. The molecule has 0 saturated carbocycles. The maximum atomic E-state index is 11.6. The number of carbonyl (C=O) groups is 1. The van der Waals surface area contributed by atoms with Crippen molar-refractivity contribution in [3.63, 3.8) is 0 Å². The van der Waals surface area contributed by atoms with Crippen LogP contribution in [0.15, 0.2) is 24.3 Å². The summed E-state index contributed by atoms with van der Waals surface area (Å²) in [6.07, 6.45) is 1.01. The summed E-state index contributed by atoms with van der Waals surface area (Å²) < 4.78 is 0. The van der Waals surface area contributed by atoms with E-state index < -0.39 is 12.0 Å². The predicted molar refractivity (Wildman–Crippen MR) is 77.7 cm³/mol. The number of benzene rings is 1. The van der Waals surface area contributed by atoms with Crippen molar-refractivity contribution in [3.05, 3.63) is 35.4 Å². The maximum absolute atomic E-state index is 11.6. The third-order valence-corrected chi connectivity index (χ3v) is 4.02. The molecular weight excluding hydrogens is 254 g/mol. The molecule has 1 aromatic carbocycles. The summed E-state index contributed by atoms with van der Waals surface area (Å²) in [7, 11) is 0. The Morgan fingerprint density at radius 3 is 2.10 bits per heavy atom. The summed E-state index contributed by atoms with van der Waals surface area (Å²) in [6.45, 7) is 5.50. The van der Waals surface area contributed by atoms with Gasteiger partial charge in [0.1, 0.15) is 6.04 Å². The third kappa shape index (κ3) is 3.38. The molecule has 1 atom stereocenters. The number of carboxylic acid groups (broad SMARTS) is 1. The first-order valence-corrected chi connectivity index (χ1v) is 7.24. The highest BCUT2D eigenvalue weighted by atomic mass is 16.4. The fourth-order valence-electron chi connectivity index (χ4n) is 2.72. The van der Waals surface area contributed by atoms with E-state index in [1.54, 1.807) is 0 Å². The number of likely N-dealkylation sites (tertiary alicyclic amines) is 1. The van der Waals surface area contributed by atoms with Crippen LogP contribution in [0.3, 0.4) is 0 Å². The van der Waals surface area contributed by atoms with Crippen molar-refractivity contribution in [2.45, 2.75) is 44.8 Å². The molecule has 0 aromatic heterocycles. The lowest BCUT2D eigenvalue weighted by molar-refractivity contribution is -0.144. The van der Waals surface area contributed by atoms with Crippen LogP contribution < -0.4 is 0 Å². The van der Waals surface area contributed by atoms with Gasteiger partial charge in [-0.3, -0.25) is 9.69 Å². The number of rotatable bonds is 4. The molecule has 1 aromatic rings. The van der Waals surface area contributed by atoms with Gasteiger partial charge in [0.2, 0.25) is 0 Å². The van der Waals surface area contributed by atoms with E-state index in [0.717, 1.165) is 5.56 Å². The normalized spacial score (nSPS) is 19.2. The average Bonchev–Trinajstić information content (AvgIpc) is 2.41. The number of hydrogen-bond acceptors (Lipinski definition) is 3. The van der Waals surface area contributed by atoms with Gasteiger partial charge in [0.25, 0.3) is 0 Å². The van der Waals surface area contributed by atoms with Crippen molar-refractivity contribution in [1.82, 2.24) is 4.90 Å². The van der Waals surface area contributed by atoms with Gasteiger partial charge in [-0.05, 0) is 29.9 Å². The molecule has 0 aliphatic carbocycles. The van der Waals surface area contributed by atoms with E-state index in [2.05, 4.69) is 13.8 Å². The Kier molecular flexibility index (Phi) is 4.78. The summed E-state index contributed by atoms with van der Waals surface area (Å²) in [5.41, 5.74) is 2.03. The molecule has 0 spiro atoms. The largest absolute Gasteiger partial charge is 0.480 e. The van der Waals surface area contributed by atoms with E-state index in [9.17, 15) is 15.0 Å². The Morgan fingerprint density at radius 2 is 1.65 bits per heavy atom. The monoisotopic (exact) mass is 277 g/mol. The van der Waals surface area contributed by atoms with Crippen LogP contribution in [0.5, 0.6) is 0 Å². The summed E-state index contributed by atoms with van der Waals surface area (Å²) in [5.74, 6) is -0.379. The van der Waals surface area contributed by atoms with Gasteiger partial charge in [-0.1, -0.05) is 38.1 Å². The van der Waals surface area contributed by atoms with Gasteiger partial charge < -0.3 is 10.2 Å². The predicted octanol–water partition coefficient (Wildman–Crippen LogP) is 2.39. The molecule has 0 amide bonds. The van der Waals surface area contributed by atoms with Crippen molar-refractivity contribution < 1.29 is 15.0 Å². The van der Waals surface area contributed by atoms with Gasteiger partial charge in [0.05, 0.1) is 6.10 Å². The van der Waals surface area contributed by atoms with Gasteiger partial charge in [-0.15, -0.1) is 0 Å². The van der Waals surface area contributed by atoms with Crippen LogP contribution in [0.1, 0.15) is 49.8 Å². The molecule has 4 nitrogen and oxygen atoms in total. The standard InChI is InChI=1S/C16H23NO3/c1-11(2)12-3-5-13(6-4-12)15(16(19)20)17-9-7-14(18)8-10-17/h3-6,11,14-15,18H,7-10H2,1-2H3,(H,19,20). The second-order valence-electron chi connectivity index (χ2n) is 5.83. The molecule has 1 unspecified atom stereocenters. The molecule has 2 rings (SSSR count). The smallest absolute Gasteiger partial charge is 0.325 e. The molecule has 1 heterocycles. The van der Waals surface area contributed by atoms with Crippen molar-refractivity contribution in [1.29, 1.82) is 0 Å². The minimum absolute atomic E-state index is 0.288. The third-order valence-electron chi connectivity index (χ3n) is 4.02. The van der Waals surface area contributed by atoms with Crippen LogP contribution in [0, 0.1) is 0 Å². The molecule has 0 radical (unpaired) electrons. The van der Waals surface area contributed by atoms with Crippen LogP contribution in [-0.4, -0.2) is 40.3 Å². The SMILES string of the molecule is CC(C)c1ccc(C(C(=O)O)N2CCC(O)CC2)cc1. The highest BCUT2D eigenvalue weighted by molar-refractivity contribution is 5.75. The Hall–Kier alpha value is -1.39. The zero-order chi connectivity index (χ0) is 14.7. The Labute approximate surface area is 120 Å². The first-order valence-electron chi connectivity index (χ1n) is 7.24. The van der Waals surface area contributed by atoms with E-state index in [1.807, 2.05) is 29.2 Å². The Bertz CT molecular complexity index is 447. The fourth-order valence-corrected chi connectivity index (χ4v) is 2.72. The zero-order valence-electron chi connectivity index (χ0n) is 12.1. The second kappa shape index (κ2) is 6.37. The van der Waals surface area contributed by atoms with E-state index in [-0.39, 0.29) is 6.10 Å². The van der Waals surface area contributed by atoms with Crippen LogP contribution in [0.25, 0.3) is 0 Å². The Balaban J connectivity index is 2.18. The Morgan fingerprint density at radius 1 is 1.15 bits per heavy atom. The van der Waals surface area contributed by atoms with Crippen LogP contribution in [-0.2, 0) is 4.79 Å². The van der Waals surface area contributed by atoms with Gasteiger partial charge in [0.15, 0.2) is 0 Å². The topological polar surface area (TPSA) is 60.8 Å². The van der Waals surface area contributed by atoms with Gasteiger partial charge in [0, 0.05) is 13.1 Å². The minimum atomic E-state index is -0.821. The summed E-state index contributed by atoms with van der Waals surface area (Å²) in [5, 5.41) is 19.1. The number of hydrogen-bond donors (Lipinski definition) is 2. The van der Waals surface area contributed by atoms with Gasteiger partial charge >= 0.3 is 5.97 Å². The van der Waals surface area contributed by atoms with Crippen molar-refractivity contribution in [3.8, 4) is 0 Å². The molecular formula is C16H23NO3. The number of aliphatic carboxylic acids is 1. The first kappa shape index (κ1) is 15.0. The summed E-state index contributed by atoms with van der Waals surface area (Å²) in [4.78, 5) is 13.5. The minimum Gasteiger partial charge on any atom is -0.480 e. The van der Waals surface area contributed by atoms with E-state index in [0.29, 0.717) is 31.8 Å². The summed E-state index contributed by atoms with van der Waals surface area (Å²) in [6, 6.07) is 7.24. The van der Waals surface area contributed by atoms with E-state index >= 15 is 0 Å². The number of carboxylic acids is 1. The second-order valence-corrected chi connectivity index (χ2v) is 5.83. The average molecular weight is 277 g/mol. The highest BCUT2D eigenvalue weighted by Crippen LogP contribution is 2.26. The quantitative estimate of drug-likeness (QED) is 0.887. The molecule has 1 aliphatic heterocycles. The molecule has 1 fully saturated rings. The van der Waals surface area contributed by atoms with Gasteiger partial charge in [-0.25, -0.2) is 0 Å². The van der Waals surface area contributed by atoms with Crippen LogP contribution in [0.4, 0.5) is 0 Å². The molecule has 1 saturated heterocycles. The number of aliphatic hydroxyl groups excluding tert-OH is 1. The van der Waals surface area contributed by atoms with Crippen LogP contribution in [0.2, 0.25) is 0 Å². The number of aliphatic hydroxyl groups is 1. The van der Waals surface area contributed by atoms with Crippen molar-refractivity contribution >= 4 is 5.97 Å². The first-order chi connectivity index (χ1) is 9.49. The van der Waals surface area contributed by atoms with E-state index in [1.165, 1.54) is 5.56 Å². The lowest BCUT2D eigenvalue weighted by Gasteiger charge is -2.34. The fraction of sp³-hybridized carbons (Fsp3) is 0.562. The molecule has 1 aliphatic rings. The molecule has 110 valence electrons. The lowest BCUT2D eigenvalue weighted by atomic mass is 9.97. The molecule has 4 heteroatoms. The van der Waals surface area contributed by atoms with E-state index in [4.69, 9.17) is 0 Å². The molecule has 20 heavy (non-hydrogen) atoms. The lowest BCUT2D eigenvalue weighted by Crippen LogP contribution is -2.41. The molecule has 2 N–H and O–H groups in total. The maximum Gasteiger partial charge on any atom is 0.325 e. The summed E-state index contributed by atoms with van der Waals surface area (Å²) >= 11 is 0. The number of nitrogens with zero attached hydrogens (tertiary/aromatic N) is 1. The van der Waals surface area contributed by atoms with Crippen molar-refractivity contribution in [2.75, 3.05) is 13.1 Å². The van der Waals surface area contributed by atoms with Crippen molar-refractivity contribution in [2.24, 2.45) is 0 Å². The zero-order valence-corrected chi connectivity index (χ0v) is 12.1. The van der Waals surface area contributed by atoms with Gasteiger partial charge in [-0.2, -0.15) is 0 Å². The number of piperidine rings is 1. The molecule has 0 bridgehead atoms. The van der Waals surface area contributed by atoms with Crippen LogP contribution >= 0.6 is 0 Å².